The van der Waals surface area contributed by atoms with Crippen LogP contribution in [0.25, 0.3) is 6.08 Å². The van der Waals surface area contributed by atoms with Gasteiger partial charge in [-0.15, -0.1) is 0 Å². The normalized spacial score (nSPS) is 14.1. The highest BCUT2D eigenvalue weighted by Crippen LogP contribution is 2.29. The van der Waals surface area contributed by atoms with Crippen molar-refractivity contribution < 1.29 is 23.4 Å². The van der Waals surface area contributed by atoms with Crippen LogP contribution in [-0.4, -0.2) is 45.8 Å². The van der Waals surface area contributed by atoms with Gasteiger partial charge in [-0.1, -0.05) is 24.8 Å². The Morgan fingerprint density at radius 2 is 2.00 bits per heavy atom. The van der Waals surface area contributed by atoms with E-state index in [2.05, 4.69) is 6.58 Å². The van der Waals surface area contributed by atoms with Gasteiger partial charge >= 0.3 is 0 Å². The van der Waals surface area contributed by atoms with Gasteiger partial charge < -0.3 is 19.1 Å². The van der Waals surface area contributed by atoms with Crippen molar-refractivity contribution in [1.82, 2.24) is 0 Å². The van der Waals surface area contributed by atoms with Crippen LogP contribution in [0.5, 0.6) is 11.5 Å². The lowest BCUT2D eigenvalue weighted by Crippen LogP contribution is -2.36. The third-order valence-corrected chi connectivity index (χ3v) is 4.56. The van der Waals surface area contributed by atoms with Crippen LogP contribution in [-0.2, 0) is 4.74 Å². The molecule has 0 amide bonds. The number of allylic oxidation sites excluding steroid dienone is 1. The lowest BCUT2D eigenvalue weighted by atomic mass is 10.1. The molecule has 0 unspecified atom stereocenters. The number of carbonyl (C=O) groups excluding carboxylic acids is 1. The van der Waals surface area contributed by atoms with Gasteiger partial charge in [0.05, 0.1) is 26.0 Å². The van der Waals surface area contributed by atoms with Crippen molar-refractivity contribution in [2.45, 2.75) is 0 Å². The fourth-order valence-electron chi connectivity index (χ4n) is 3.04. The van der Waals surface area contributed by atoms with Gasteiger partial charge in [0.1, 0.15) is 12.4 Å². The predicted molar refractivity (Wildman–Crippen MR) is 111 cm³/mol. The van der Waals surface area contributed by atoms with Crippen LogP contribution in [0.2, 0.25) is 0 Å². The number of anilines is 1. The zero-order chi connectivity index (χ0) is 20.6. The van der Waals surface area contributed by atoms with Crippen molar-refractivity contribution in [3.8, 4) is 11.5 Å². The van der Waals surface area contributed by atoms with Crippen molar-refractivity contribution in [3.63, 3.8) is 0 Å². The number of hydrogen-bond donors (Lipinski definition) is 0. The SMILES string of the molecule is C=CCOc1ccc(/C=C/C(=O)c2ccc(N3CCOCC3)c(F)c2)cc1OC. The maximum Gasteiger partial charge on any atom is 0.185 e. The summed E-state index contributed by atoms with van der Waals surface area (Å²) in [4.78, 5) is 14.4. The molecule has 6 heteroatoms. The number of ether oxygens (including phenoxy) is 3. The second kappa shape index (κ2) is 9.89. The molecule has 0 radical (unpaired) electrons. The minimum atomic E-state index is -0.406. The Labute approximate surface area is 170 Å². The Morgan fingerprint density at radius 3 is 2.69 bits per heavy atom. The maximum absolute atomic E-state index is 14.5. The average molecular weight is 397 g/mol. The first kappa shape index (κ1) is 20.6. The number of hydrogen-bond acceptors (Lipinski definition) is 5. The summed E-state index contributed by atoms with van der Waals surface area (Å²) in [6, 6.07) is 9.93. The molecule has 5 nitrogen and oxygen atoms in total. The molecule has 0 aromatic heterocycles. The van der Waals surface area contributed by atoms with E-state index < -0.39 is 5.82 Å². The zero-order valence-corrected chi connectivity index (χ0v) is 16.4. The second-order valence-corrected chi connectivity index (χ2v) is 6.47. The first-order valence-electron chi connectivity index (χ1n) is 9.38. The van der Waals surface area contributed by atoms with Crippen molar-refractivity contribution >= 4 is 17.5 Å². The van der Waals surface area contributed by atoms with Gasteiger partial charge in [0, 0.05) is 18.7 Å². The van der Waals surface area contributed by atoms with E-state index in [4.69, 9.17) is 14.2 Å². The van der Waals surface area contributed by atoms with E-state index in [0.717, 1.165) is 5.56 Å². The van der Waals surface area contributed by atoms with Gasteiger partial charge in [0.15, 0.2) is 17.3 Å². The lowest BCUT2D eigenvalue weighted by molar-refractivity contribution is 0.104. The highest BCUT2D eigenvalue weighted by molar-refractivity contribution is 6.07. The van der Waals surface area contributed by atoms with Gasteiger partial charge in [-0.05, 0) is 42.0 Å². The third kappa shape index (κ3) is 5.23. The number of nitrogens with zero attached hydrogens (tertiary/aromatic N) is 1. The van der Waals surface area contributed by atoms with E-state index in [1.807, 2.05) is 11.0 Å². The molecule has 0 atom stereocenters. The highest BCUT2D eigenvalue weighted by atomic mass is 19.1. The predicted octanol–water partition coefficient (Wildman–Crippen LogP) is 4.13. The minimum absolute atomic E-state index is 0.275. The van der Waals surface area contributed by atoms with Crippen LogP contribution in [0, 0.1) is 5.82 Å². The van der Waals surface area contributed by atoms with Crippen LogP contribution < -0.4 is 14.4 Å². The fourth-order valence-corrected chi connectivity index (χ4v) is 3.04. The van der Waals surface area contributed by atoms with Crippen LogP contribution in [0.4, 0.5) is 10.1 Å². The van der Waals surface area contributed by atoms with Crippen molar-refractivity contribution in [2.75, 3.05) is 44.9 Å². The topological polar surface area (TPSA) is 48.0 Å². The molecule has 1 fully saturated rings. The molecular formula is C23H24FNO4. The number of morpholine rings is 1. The number of halogens is 1. The molecule has 2 aromatic carbocycles. The smallest absolute Gasteiger partial charge is 0.185 e. The lowest BCUT2D eigenvalue weighted by Gasteiger charge is -2.29. The summed E-state index contributed by atoms with van der Waals surface area (Å²) in [6.45, 7) is 6.41. The first-order chi connectivity index (χ1) is 14.1. The molecule has 1 saturated heterocycles. The van der Waals surface area contributed by atoms with Gasteiger partial charge in [0.2, 0.25) is 0 Å². The molecule has 29 heavy (non-hydrogen) atoms. The molecule has 0 N–H and O–H groups in total. The van der Waals surface area contributed by atoms with Crippen LogP contribution >= 0.6 is 0 Å². The highest BCUT2D eigenvalue weighted by Gasteiger charge is 2.16. The van der Waals surface area contributed by atoms with Crippen LogP contribution in [0.1, 0.15) is 15.9 Å². The largest absolute Gasteiger partial charge is 0.493 e. The first-order valence-corrected chi connectivity index (χ1v) is 9.38. The monoisotopic (exact) mass is 397 g/mol. The quantitative estimate of drug-likeness (QED) is 0.381. The molecule has 1 aliphatic heterocycles. The summed E-state index contributed by atoms with van der Waals surface area (Å²) >= 11 is 0. The summed E-state index contributed by atoms with van der Waals surface area (Å²) in [5.41, 5.74) is 1.56. The number of carbonyl (C=O) groups is 1. The number of ketones is 1. The summed E-state index contributed by atoms with van der Waals surface area (Å²) in [7, 11) is 1.55. The standard InChI is InChI=1S/C23H24FNO4/c1-3-12-29-22-9-5-17(15-23(22)27-2)4-8-21(26)18-6-7-20(19(24)16-18)25-10-13-28-14-11-25/h3-9,15-16H,1,10-14H2,2H3/b8-4+. The summed E-state index contributed by atoms with van der Waals surface area (Å²) in [5, 5.41) is 0. The van der Waals surface area contributed by atoms with Crippen molar-refractivity contribution in [3.05, 3.63) is 72.1 Å². The molecule has 0 aliphatic carbocycles. The van der Waals surface area contributed by atoms with Crippen molar-refractivity contribution in [1.29, 1.82) is 0 Å². The third-order valence-electron chi connectivity index (χ3n) is 4.56. The molecule has 1 heterocycles. The van der Waals surface area contributed by atoms with E-state index in [0.29, 0.717) is 55.7 Å². The van der Waals surface area contributed by atoms with Gasteiger partial charge in [-0.2, -0.15) is 0 Å². The number of benzene rings is 2. The Bertz CT molecular complexity index is 904. The van der Waals surface area contributed by atoms with E-state index in [1.165, 1.54) is 12.1 Å². The molecule has 1 aliphatic rings. The van der Waals surface area contributed by atoms with Crippen LogP contribution in [0.3, 0.4) is 0 Å². The minimum Gasteiger partial charge on any atom is -0.493 e. The molecule has 0 bridgehead atoms. The Hall–Kier alpha value is -3.12. The maximum atomic E-state index is 14.5. The summed E-state index contributed by atoms with van der Waals surface area (Å²) in [5.74, 6) is 0.471. The molecular weight excluding hydrogens is 373 g/mol. The van der Waals surface area contributed by atoms with E-state index in [1.54, 1.807) is 43.5 Å². The van der Waals surface area contributed by atoms with E-state index in [9.17, 15) is 9.18 Å². The van der Waals surface area contributed by atoms with Gasteiger partial charge in [-0.25, -0.2) is 4.39 Å². The van der Waals surface area contributed by atoms with Crippen molar-refractivity contribution in [2.24, 2.45) is 0 Å². The average Bonchev–Trinajstić information content (AvgIpc) is 2.76. The molecule has 3 rings (SSSR count). The summed E-state index contributed by atoms with van der Waals surface area (Å²) in [6.07, 6.45) is 4.73. The number of rotatable bonds is 8. The Morgan fingerprint density at radius 1 is 1.21 bits per heavy atom. The van der Waals surface area contributed by atoms with Gasteiger partial charge in [0.25, 0.3) is 0 Å². The molecule has 0 saturated carbocycles. The van der Waals surface area contributed by atoms with E-state index in [-0.39, 0.29) is 5.78 Å². The Balaban J connectivity index is 1.71. The Kier molecular flexibility index (Phi) is 7.03. The fraction of sp³-hybridized carbons (Fsp3) is 0.261. The molecule has 0 spiro atoms. The molecule has 2 aromatic rings. The summed E-state index contributed by atoms with van der Waals surface area (Å²) < 4.78 is 30.6. The molecule has 152 valence electrons. The van der Waals surface area contributed by atoms with Crippen LogP contribution in [0.15, 0.2) is 55.1 Å². The van der Waals surface area contributed by atoms with Gasteiger partial charge in [-0.3, -0.25) is 4.79 Å². The van der Waals surface area contributed by atoms with E-state index >= 15 is 0 Å². The second-order valence-electron chi connectivity index (χ2n) is 6.47. The zero-order valence-electron chi connectivity index (χ0n) is 16.4. The number of methoxy groups -OCH3 is 1.